The Morgan fingerprint density at radius 1 is 0.694 bits per heavy atom. The third kappa shape index (κ3) is 5.48. The first kappa shape index (κ1) is 27.5. The number of carbonyl (C=O) groups excluding carboxylic acids is 3. The number of carboxylic acids is 2. The summed E-state index contributed by atoms with van der Waals surface area (Å²) in [6.07, 6.45) is -0.470. The van der Waals surface area contributed by atoms with Gasteiger partial charge >= 0.3 is 0 Å². The Hall–Kier alpha value is -3.13. The predicted octanol–water partition coefficient (Wildman–Crippen LogP) is -0.801. The Morgan fingerprint density at radius 2 is 1.06 bits per heavy atom. The zero-order valence-corrected chi connectivity index (χ0v) is 21.2. The number of fused-ring (bicyclic) bond motifs is 3. The van der Waals surface area contributed by atoms with Crippen molar-refractivity contribution < 1.29 is 41.4 Å². The minimum atomic E-state index is -4.01. The van der Waals surface area contributed by atoms with Crippen LogP contribution in [0.1, 0.15) is 41.6 Å². The molecule has 0 amide bonds. The first-order valence-corrected chi connectivity index (χ1v) is 13.8. The summed E-state index contributed by atoms with van der Waals surface area (Å²) in [7, 11) is -5.41. The van der Waals surface area contributed by atoms with E-state index in [1.54, 1.807) is 0 Å². The summed E-state index contributed by atoms with van der Waals surface area (Å²) in [6, 6.07) is 8.07. The zero-order chi connectivity index (χ0) is 26.8. The number of ketones is 1. The lowest BCUT2D eigenvalue weighted by molar-refractivity contribution is -0.307. The molecule has 1 aliphatic carbocycles. The van der Waals surface area contributed by atoms with Crippen LogP contribution < -0.4 is 10.2 Å². The van der Waals surface area contributed by atoms with Crippen molar-refractivity contribution in [3.8, 4) is 11.1 Å². The number of hydrogen-bond donors (Lipinski definition) is 0. The van der Waals surface area contributed by atoms with Gasteiger partial charge in [-0.1, -0.05) is 12.1 Å². The van der Waals surface area contributed by atoms with Crippen LogP contribution in [-0.2, 0) is 29.6 Å². The maximum atomic E-state index is 13.1. The Bertz CT molecular complexity index is 1330. The maximum absolute atomic E-state index is 13.1. The number of carboxylic acid groups (broad SMARTS) is 2. The summed E-state index contributed by atoms with van der Waals surface area (Å²) in [5.41, 5.74) is 1.12. The second-order valence-corrected chi connectivity index (χ2v) is 12.4. The van der Waals surface area contributed by atoms with Crippen LogP contribution in [0.5, 0.6) is 0 Å². The SMILES string of the molecule is CN(CCCC(=O)[O-])S(=O)(=O)c1ccc2c(c1)C(=O)c1cc(S(=O)(=O)N(C)CCCC(=O)[O-])ccc1-2. The van der Waals surface area contributed by atoms with Crippen LogP contribution >= 0.6 is 0 Å². The number of carbonyl (C=O) groups is 3. The molecule has 11 nitrogen and oxygen atoms in total. The van der Waals surface area contributed by atoms with Gasteiger partial charge in [0.05, 0.1) is 9.79 Å². The summed E-state index contributed by atoms with van der Waals surface area (Å²) in [5, 5.41) is 21.2. The molecule has 0 unspecified atom stereocenters. The molecule has 0 radical (unpaired) electrons. The minimum absolute atomic E-state index is 0.0563. The Labute approximate surface area is 209 Å². The van der Waals surface area contributed by atoms with Crippen LogP contribution in [-0.4, -0.2) is 70.4 Å². The van der Waals surface area contributed by atoms with Crippen LogP contribution in [0, 0.1) is 0 Å². The highest BCUT2D eigenvalue weighted by Crippen LogP contribution is 2.39. The quantitative estimate of drug-likeness (QED) is 0.287. The van der Waals surface area contributed by atoms with Crippen LogP contribution in [0.15, 0.2) is 46.2 Å². The van der Waals surface area contributed by atoms with Crippen LogP contribution in [0.2, 0.25) is 0 Å². The minimum Gasteiger partial charge on any atom is -0.550 e. The lowest BCUT2D eigenvalue weighted by Crippen LogP contribution is -2.30. The molecule has 2 aromatic rings. The van der Waals surface area contributed by atoms with E-state index in [-0.39, 0.29) is 59.7 Å². The van der Waals surface area contributed by atoms with Gasteiger partial charge in [0, 0.05) is 50.3 Å². The van der Waals surface area contributed by atoms with Crippen molar-refractivity contribution in [1.82, 2.24) is 8.61 Å². The Morgan fingerprint density at radius 3 is 1.39 bits per heavy atom. The molecular formula is C23H24N2O9S2-2. The lowest BCUT2D eigenvalue weighted by atomic mass is 10.1. The van der Waals surface area contributed by atoms with E-state index in [4.69, 9.17) is 0 Å². The van der Waals surface area contributed by atoms with Crippen molar-refractivity contribution in [1.29, 1.82) is 0 Å². The van der Waals surface area contributed by atoms with Gasteiger partial charge < -0.3 is 19.8 Å². The summed E-state index contributed by atoms with van der Waals surface area (Å²) in [5.74, 6) is -3.10. The van der Waals surface area contributed by atoms with E-state index in [2.05, 4.69) is 0 Å². The average molecular weight is 537 g/mol. The first-order valence-electron chi connectivity index (χ1n) is 10.9. The molecule has 0 spiro atoms. The van der Waals surface area contributed by atoms with Gasteiger partial charge in [0.2, 0.25) is 20.0 Å². The highest BCUT2D eigenvalue weighted by Gasteiger charge is 2.32. The van der Waals surface area contributed by atoms with Gasteiger partial charge in [0.25, 0.3) is 0 Å². The van der Waals surface area contributed by atoms with E-state index in [1.165, 1.54) is 50.5 Å². The standard InChI is InChI=1S/C23H26N2O9S2/c1-24(11-3-5-21(26)27)35(31,32)15-7-9-17-18-10-8-16(14-20(18)23(30)19(17)13-15)36(33,34)25(2)12-4-6-22(28)29/h7-10,13-14H,3-6,11-12H2,1-2H3,(H,26,27)(H,28,29)/p-2. The largest absolute Gasteiger partial charge is 0.550 e. The van der Waals surface area contributed by atoms with Gasteiger partial charge in [-0.3, -0.25) is 4.79 Å². The molecule has 2 aromatic carbocycles. The summed E-state index contributed by atoms with van der Waals surface area (Å²) in [4.78, 5) is 34.0. The van der Waals surface area contributed by atoms with Gasteiger partial charge in [-0.2, -0.15) is 0 Å². The molecule has 36 heavy (non-hydrogen) atoms. The molecule has 0 atom stereocenters. The topological polar surface area (TPSA) is 172 Å². The predicted molar refractivity (Wildman–Crippen MR) is 123 cm³/mol. The molecule has 0 saturated carbocycles. The number of hydrogen-bond acceptors (Lipinski definition) is 9. The zero-order valence-electron chi connectivity index (χ0n) is 19.6. The van der Waals surface area contributed by atoms with Crippen molar-refractivity contribution in [3.05, 3.63) is 47.5 Å². The monoisotopic (exact) mass is 536 g/mol. The van der Waals surface area contributed by atoms with Gasteiger partial charge in [-0.05, 0) is 61.1 Å². The molecule has 13 heteroatoms. The van der Waals surface area contributed by atoms with E-state index in [1.807, 2.05) is 0 Å². The second-order valence-electron chi connectivity index (χ2n) is 8.35. The van der Waals surface area contributed by atoms with E-state index < -0.39 is 37.8 Å². The van der Waals surface area contributed by atoms with Crippen molar-refractivity contribution in [2.75, 3.05) is 27.2 Å². The van der Waals surface area contributed by atoms with Crippen LogP contribution in [0.25, 0.3) is 11.1 Å². The normalized spacial score (nSPS) is 13.2. The fourth-order valence-corrected chi connectivity index (χ4v) is 6.32. The Kier molecular flexibility index (Phi) is 7.98. The van der Waals surface area contributed by atoms with E-state index in [0.29, 0.717) is 11.1 Å². The van der Waals surface area contributed by atoms with Gasteiger partial charge in [-0.15, -0.1) is 0 Å². The summed E-state index contributed by atoms with van der Waals surface area (Å²) >= 11 is 0. The lowest BCUT2D eigenvalue weighted by Gasteiger charge is -2.18. The fraction of sp³-hybridized carbons (Fsp3) is 0.348. The number of nitrogens with zero attached hydrogens (tertiary/aromatic N) is 2. The summed E-state index contributed by atoms with van der Waals surface area (Å²) in [6.45, 7) is -0.113. The average Bonchev–Trinajstić information content (AvgIpc) is 3.09. The van der Waals surface area contributed by atoms with Crippen LogP contribution in [0.3, 0.4) is 0 Å². The molecule has 0 saturated heterocycles. The van der Waals surface area contributed by atoms with Gasteiger partial charge in [0.15, 0.2) is 5.78 Å². The molecule has 0 heterocycles. The third-order valence-corrected chi connectivity index (χ3v) is 9.59. The number of rotatable bonds is 12. The van der Waals surface area contributed by atoms with Crippen molar-refractivity contribution in [2.45, 2.75) is 35.5 Å². The van der Waals surface area contributed by atoms with Crippen LogP contribution in [0.4, 0.5) is 0 Å². The highest BCUT2D eigenvalue weighted by atomic mass is 32.2. The molecule has 0 bridgehead atoms. The molecular weight excluding hydrogens is 512 g/mol. The molecule has 1 aliphatic rings. The molecule has 3 rings (SSSR count). The fourth-order valence-electron chi connectivity index (χ4n) is 3.85. The molecule has 0 N–H and O–H groups in total. The van der Waals surface area contributed by atoms with E-state index in [0.717, 1.165) is 8.61 Å². The molecule has 0 fully saturated rings. The van der Waals surface area contributed by atoms with Gasteiger partial charge in [-0.25, -0.2) is 25.4 Å². The molecule has 0 aliphatic heterocycles. The summed E-state index contributed by atoms with van der Waals surface area (Å²) < 4.78 is 53.6. The van der Waals surface area contributed by atoms with Gasteiger partial charge in [0.1, 0.15) is 0 Å². The molecule has 0 aromatic heterocycles. The van der Waals surface area contributed by atoms with Crippen molar-refractivity contribution in [3.63, 3.8) is 0 Å². The maximum Gasteiger partial charge on any atom is 0.242 e. The van der Waals surface area contributed by atoms with Crippen molar-refractivity contribution in [2.24, 2.45) is 0 Å². The number of benzene rings is 2. The third-order valence-electron chi connectivity index (χ3n) is 5.89. The van der Waals surface area contributed by atoms with E-state index in [9.17, 15) is 41.4 Å². The first-order chi connectivity index (χ1) is 16.8. The Balaban J connectivity index is 1.87. The second kappa shape index (κ2) is 10.5. The van der Waals surface area contributed by atoms with Crippen molar-refractivity contribution >= 4 is 37.8 Å². The number of sulfonamides is 2. The molecule has 194 valence electrons. The van der Waals surface area contributed by atoms with E-state index >= 15 is 0 Å². The smallest absolute Gasteiger partial charge is 0.242 e. The number of aliphatic carboxylic acids is 2. The highest BCUT2D eigenvalue weighted by molar-refractivity contribution is 7.89.